The summed E-state index contributed by atoms with van der Waals surface area (Å²) in [7, 11) is -5.86. The van der Waals surface area contributed by atoms with Crippen LogP contribution in [0, 0.1) is 12.3 Å². The Bertz CT molecular complexity index is 736. The predicted octanol–water partition coefficient (Wildman–Crippen LogP) is 1.75. The Morgan fingerprint density at radius 1 is 1.22 bits per heavy atom. The molecule has 0 N–H and O–H groups in total. The minimum Gasteiger partial charge on any atom is -0.399 e. The number of benzene rings is 1. The third-order valence-electron chi connectivity index (χ3n) is 4.02. The standard InChI is InChI=1S/C15H18BFO5S/c1-6-7-11-8-12(10-13(9-11)20-23(17,18)19)16-21-14(2,3)15(4,5)22-16/h1,8-10H,7H2,2-5H3. The van der Waals surface area contributed by atoms with E-state index in [4.69, 9.17) is 15.7 Å². The molecule has 0 aromatic heterocycles. The average Bonchev–Trinajstić information content (AvgIpc) is 2.56. The molecule has 1 aromatic carbocycles. The van der Waals surface area contributed by atoms with E-state index < -0.39 is 28.8 Å². The Balaban J connectivity index is 2.41. The summed E-state index contributed by atoms with van der Waals surface area (Å²) >= 11 is 0. The molecule has 1 heterocycles. The first kappa shape index (κ1) is 17.8. The van der Waals surface area contributed by atoms with Crippen molar-refractivity contribution < 1.29 is 25.8 Å². The van der Waals surface area contributed by atoms with E-state index in [-0.39, 0.29) is 12.2 Å². The van der Waals surface area contributed by atoms with Crippen molar-refractivity contribution in [1.29, 1.82) is 0 Å². The molecular formula is C15H18BFO5S. The summed E-state index contributed by atoms with van der Waals surface area (Å²) in [5.74, 6) is 2.27. The van der Waals surface area contributed by atoms with Crippen LogP contribution in [-0.2, 0) is 26.2 Å². The number of halogens is 1. The van der Waals surface area contributed by atoms with E-state index in [2.05, 4.69) is 10.1 Å². The molecule has 0 aliphatic carbocycles. The van der Waals surface area contributed by atoms with Crippen LogP contribution in [0.25, 0.3) is 0 Å². The monoisotopic (exact) mass is 340 g/mol. The maximum Gasteiger partial charge on any atom is 0.494 e. The molecule has 0 saturated carbocycles. The lowest BCUT2D eigenvalue weighted by Crippen LogP contribution is -2.41. The first-order chi connectivity index (χ1) is 10.4. The highest BCUT2D eigenvalue weighted by molar-refractivity contribution is 7.81. The normalized spacial score (nSPS) is 19.4. The Hall–Kier alpha value is -1.56. The lowest BCUT2D eigenvalue weighted by molar-refractivity contribution is 0.00578. The molecule has 2 rings (SSSR count). The van der Waals surface area contributed by atoms with Gasteiger partial charge in [-0.3, -0.25) is 0 Å². The smallest absolute Gasteiger partial charge is 0.399 e. The van der Waals surface area contributed by atoms with Crippen LogP contribution < -0.4 is 9.65 Å². The molecule has 1 aliphatic rings. The summed E-state index contributed by atoms with van der Waals surface area (Å²) < 4.78 is 50.3. The van der Waals surface area contributed by atoms with Crippen molar-refractivity contribution in [2.24, 2.45) is 0 Å². The van der Waals surface area contributed by atoms with Crippen molar-refractivity contribution in [2.75, 3.05) is 0 Å². The van der Waals surface area contributed by atoms with Gasteiger partial charge in [0.1, 0.15) is 5.75 Å². The number of rotatable bonds is 4. The fraction of sp³-hybridized carbons (Fsp3) is 0.467. The first-order valence-electron chi connectivity index (χ1n) is 7.00. The first-order valence-corrected chi connectivity index (χ1v) is 8.31. The molecule has 0 bridgehead atoms. The van der Waals surface area contributed by atoms with Gasteiger partial charge in [-0.15, -0.1) is 12.3 Å². The van der Waals surface area contributed by atoms with Crippen LogP contribution in [0.1, 0.15) is 33.3 Å². The highest BCUT2D eigenvalue weighted by atomic mass is 32.3. The third kappa shape index (κ3) is 4.05. The molecule has 0 radical (unpaired) electrons. The zero-order valence-corrected chi connectivity index (χ0v) is 14.2. The van der Waals surface area contributed by atoms with E-state index in [1.165, 1.54) is 12.1 Å². The molecule has 0 amide bonds. The lowest BCUT2D eigenvalue weighted by Gasteiger charge is -2.32. The van der Waals surface area contributed by atoms with Crippen molar-refractivity contribution in [3.8, 4) is 18.1 Å². The van der Waals surface area contributed by atoms with Crippen molar-refractivity contribution in [3.63, 3.8) is 0 Å². The minimum absolute atomic E-state index is 0.176. The van der Waals surface area contributed by atoms with Crippen LogP contribution >= 0.6 is 0 Å². The van der Waals surface area contributed by atoms with Crippen LogP contribution in [-0.4, -0.2) is 26.7 Å². The number of hydrogen-bond donors (Lipinski definition) is 0. The molecule has 124 valence electrons. The molecular weight excluding hydrogens is 322 g/mol. The van der Waals surface area contributed by atoms with Crippen molar-refractivity contribution in [3.05, 3.63) is 23.8 Å². The SMILES string of the molecule is C#CCc1cc(OS(=O)(=O)F)cc(B2OC(C)(C)C(C)(C)O2)c1. The maximum atomic E-state index is 12.8. The van der Waals surface area contributed by atoms with Gasteiger partial charge in [-0.2, -0.15) is 8.42 Å². The number of terminal acetylenes is 1. The van der Waals surface area contributed by atoms with Crippen LogP contribution in [0.2, 0.25) is 0 Å². The van der Waals surface area contributed by atoms with E-state index in [0.29, 0.717) is 11.0 Å². The Kier molecular flexibility index (Phi) is 4.50. The van der Waals surface area contributed by atoms with Gasteiger partial charge in [0.15, 0.2) is 0 Å². The second-order valence-electron chi connectivity index (χ2n) is 6.36. The Morgan fingerprint density at radius 3 is 2.26 bits per heavy atom. The fourth-order valence-electron chi connectivity index (χ4n) is 2.18. The van der Waals surface area contributed by atoms with Crippen LogP contribution in [0.5, 0.6) is 5.75 Å². The van der Waals surface area contributed by atoms with Gasteiger partial charge in [0.25, 0.3) is 0 Å². The molecule has 1 aromatic rings. The summed E-state index contributed by atoms with van der Waals surface area (Å²) in [4.78, 5) is 0. The summed E-state index contributed by atoms with van der Waals surface area (Å²) in [5.41, 5.74) is -0.0200. The van der Waals surface area contributed by atoms with Gasteiger partial charge in [-0.05, 0) is 50.9 Å². The molecule has 1 saturated heterocycles. The second-order valence-corrected chi connectivity index (χ2v) is 7.31. The molecule has 1 fully saturated rings. The van der Waals surface area contributed by atoms with Crippen molar-refractivity contribution >= 4 is 23.1 Å². The van der Waals surface area contributed by atoms with Crippen molar-refractivity contribution in [2.45, 2.75) is 45.3 Å². The highest BCUT2D eigenvalue weighted by Gasteiger charge is 2.51. The lowest BCUT2D eigenvalue weighted by atomic mass is 9.78. The topological polar surface area (TPSA) is 61.8 Å². The minimum atomic E-state index is -5.13. The maximum absolute atomic E-state index is 12.8. The fourth-order valence-corrected chi connectivity index (χ4v) is 2.51. The van der Waals surface area contributed by atoms with Gasteiger partial charge in [-0.1, -0.05) is 9.95 Å². The van der Waals surface area contributed by atoms with Gasteiger partial charge in [0.05, 0.1) is 11.2 Å². The highest BCUT2D eigenvalue weighted by Crippen LogP contribution is 2.36. The van der Waals surface area contributed by atoms with Gasteiger partial charge in [-0.25, -0.2) is 0 Å². The van der Waals surface area contributed by atoms with Gasteiger partial charge in [0, 0.05) is 6.42 Å². The summed E-state index contributed by atoms with van der Waals surface area (Å²) in [6.45, 7) is 7.56. The van der Waals surface area contributed by atoms with Gasteiger partial charge >= 0.3 is 17.6 Å². The average molecular weight is 340 g/mol. The van der Waals surface area contributed by atoms with Crippen LogP contribution in [0.3, 0.4) is 0 Å². The molecule has 0 atom stereocenters. The Morgan fingerprint density at radius 2 is 1.78 bits per heavy atom. The third-order valence-corrected chi connectivity index (χ3v) is 4.41. The quantitative estimate of drug-likeness (QED) is 0.475. The van der Waals surface area contributed by atoms with E-state index >= 15 is 0 Å². The predicted molar refractivity (Wildman–Crippen MR) is 85.4 cm³/mol. The number of hydrogen-bond acceptors (Lipinski definition) is 5. The largest absolute Gasteiger partial charge is 0.494 e. The molecule has 23 heavy (non-hydrogen) atoms. The molecule has 8 heteroatoms. The van der Waals surface area contributed by atoms with E-state index in [1.54, 1.807) is 6.07 Å². The van der Waals surface area contributed by atoms with Gasteiger partial charge in [0.2, 0.25) is 0 Å². The Labute approximate surface area is 136 Å². The zero-order valence-electron chi connectivity index (χ0n) is 13.4. The summed E-state index contributed by atoms with van der Waals surface area (Å²) in [5, 5.41) is 0. The zero-order chi connectivity index (χ0) is 17.5. The van der Waals surface area contributed by atoms with E-state index in [9.17, 15) is 12.3 Å². The molecule has 0 unspecified atom stereocenters. The molecule has 5 nitrogen and oxygen atoms in total. The molecule has 1 aliphatic heterocycles. The van der Waals surface area contributed by atoms with E-state index in [0.717, 1.165) is 0 Å². The molecule has 0 spiro atoms. The van der Waals surface area contributed by atoms with Crippen molar-refractivity contribution in [1.82, 2.24) is 0 Å². The summed E-state index contributed by atoms with van der Waals surface area (Å²) in [6, 6.07) is 4.45. The second kappa shape index (κ2) is 5.82. The summed E-state index contributed by atoms with van der Waals surface area (Å²) in [6.07, 6.45) is 5.51. The van der Waals surface area contributed by atoms with Gasteiger partial charge < -0.3 is 13.5 Å². The van der Waals surface area contributed by atoms with E-state index in [1.807, 2.05) is 27.7 Å². The van der Waals surface area contributed by atoms with Crippen LogP contribution in [0.4, 0.5) is 3.89 Å². The van der Waals surface area contributed by atoms with Crippen LogP contribution in [0.15, 0.2) is 18.2 Å².